The third-order valence-electron chi connectivity index (χ3n) is 2.34. The Morgan fingerprint density at radius 3 is 2.67 bits per heavy atom. The maximum absolute atomic E-state index is 5.98. The number of nitrogens with one attached hydrogen (secondary N) is 1. The van der Waals surface area contributed by atoms with E-state index >= 15 is 0 Å². The molecule has 0 spiro atoms. The number of rotatable bonds is 3. The van der Waals surface area contributed by atoms with Gasteiger partial charge in [-0.3, -0.25) is 0 Å². The minimum Gasteiger partial charge on any atom is -0.357 e. The third kappa shape index (κ3) is 2.99. The second-order valence-corrected chi connectivity index (χ2v) is 4.19. The van der Waals surface area contributed by atoms with Crippen LogP contribution in [-0.2, 0) is 0 Å². The predicted octanol–water partition coefficient (Wildman–Crippen LogP) is 3.23. The lowest BCUT2D eigenvalue weighted by molar-refractivity contribution is 1.01. The summed E-state index contributed by atoms with van der Waals surface area (Å²) in [5, 5.41) is 3.46. The molecule has 0 aliphatic rings. The molecule has 0 saturated heterocycles. The molecule has 2 rings (SSSR count). The van der Waals surface area contributed by atoms with Gasteiger partial charge in [-0.15, -0.1) is 6.42 Å². The Bertz CT molecular complexity index is 575. The Labute approximate surface area is 111 Å². The van der Waals surface area contributed by atoms with Crippen LogP contribution in [0.2, 0.25) is 5.15 Å². The highest BCUT2D eigenvalue weighted by molar-refractivity contribution is 6.29. The molecule has 1 N–H and O–H groups in total. The number of benzene rings is 1. The molecule has 1 heterocycles. The molecule has 0 amide bonds. The molecule has 3 nitrogen and oxygen atoms in total. The molecule has 0 aliphatic carbocycles. The van der Waals surface area contributed by atoms with Gasteiger partial charge in [0, 0.05) is 11.6 Å². The molecule has 2 aromatic rings. The summed E-state index contributed by atoms with van der Waals surface area (Å²) in [6.07, 6.45) is 5.32. The number of halogens is 1. The summed E-state index contributed by atoms with van der Waals surface area (Å²) >= 11 is 5.98. The number of anilines is 1. The number of hydrogen-bond acceptors (Lipinski definition) is 3. The fourth-order valence-electron chi connectivity index (χ4n) is 1.47. The zero-order valence-electron chi connectivity index (χ0n) is 9.89. The number of nitrogens with zero attached hydrogens (tertiary/aromatic N) is 2. The van der Waals surface area contributed by atoms with Gasteiger partial charge >= 0.3 is 0 Å². The van der Waals surface area contributed by atoms with Crippen LogP contribution >= 0.6 is 11.6 Å². The number of terminal acetylenes is 1. The summed E-state index contributed by atoms with van der Waals surface area (Å²) in [7, 11) is 0. The zero-order valence-corrected chi connectivity index (χ0v) is 10.6. The van der Waals surface area contributed by atoms with E-state index in [9.17, 15) is 0 Å². The molecule has 1 aromatic heterocycles. The maximum atomic E-state index is 5.98. The van der Waals surface area contributed by atoms with Gasteiger partial charge in [0.1, 0.15) is 11.0 Å². The van der Waals surface area contributed by atoms with Crippen LogP contribution in [0.1, 0.15) is 6.92 Å². The van der Waals surface area contributed by atoms with Crippen molar-refractivity contribution >= 4 is 17.4 Å². The van der Waals surface area contributed by atoms with Gasteiger partial charge in [0.25, 0.3) is 0 Å². The minimum atomic E-state index is -0.111. The topological polar surface area (TPSA) is 37.8 Å². The van der Waals surface area contributed by atoms with E-state index in [0.717, 1.165) is 5.56 Å². The van der Waals surface area contributed by atoms with Gasteiger partial charge in [-0.2, -0.15) is 0 Å². The van der Waals surface area contributed by atoms with Crippen LogP contribution in [-0.4, -0.2) is 16.0 Å². The van der Waals surface area contributed by atoms with E-state index in [-0.39, 0.29) is 6.04 Å². The lowest BCUT2D eigenvalue weighted by Crippen LogP contribution is -2.13. The van der Waals surface area contributed by atoms with Crippen molar-refractivity contribution in [3.63, 3.8) is 0 Å². The molecule has 0 bridgehead atoms. The van der Waals surface area contributed by atoms with Gasteiger partial charge in [0.2, 0.25) is 0 Å². The Morgan fingerprint density at radius 2 is 2.00 bits per heavy atom. The van der Waals surface area contributed by atoms with Crippen molar-refractivity contribution in [2.24, 2.45) is 0 Å². The van der Waals surface area contributed by atoms with Gasteiger partial charge in [0.15, 0.2) is 5.82 Å². The van der Waals surface area contributed by atoms with Gasteiger partial charge in [-0.05, 0) is 6.92 Å². The zero-order chi connectivity index (χ0) is 13.0. The maximum Gasteiger partial charge on any atom is 0.163 e. The summed E-state index contributed by atoms with van der Waals surface area (Å²) < 4.78 is 0. The molecule has 1 aromatic carbocycles. The second-order valence-electron chi connectivity index (χ2n) is 3.80. The fraction of sp³-hybridized carbons (Fsp3) is 0.143. The van der Waals surface area contributed by atoms with Crippen molar-refractivity contribution < 1.29 is 0 Å². The largest absolute Gasteiger partial charge is 0.357 e. The summed E-state index contributed by atoms with van der Waals surface area (Å²) in [6, 6.07) is 11.2. The van der Waals surface area contributed by atoms with Crippen molar-refractivity contribution in [1.29, 1.82) is 0 Å². The van der Waals surface area contributed by atoms with Crippen LogP contribution < -0.4 is 5.32 Å². The molecule has 0 aliphatic heterocycles. The number of aromatic nitrogens is 2. The molecule has 1 unspecified atom stereocenters. The van der Waals surface area contributed by atoms with E-state index in [2.05, 4.69) is 21.2 Å². The molecular weight excluding hydrogens is 246 g/mol. The Balaban J connectivity index is 2.36. The van der Waals surface area contributed by atoms with E-state index < -0.39 is 0 Å². The monoisotopic (exact) mass is 257 g/mol. The fourth-order valence-corrected chi connectivity index (χ4v) is 1.65. The Hall–Kier alpha value is -2.05. The van der Waals surface area contributed by atoms with Crippen molar-refractivity contribution in [1.82, 2.24) is 9.97 Å². The first-order chi connectivity index (χ1) is 8.69. The van der Waals surface area contributed by atoms with Crippen molar-refractivity contribution in [2.75, 3.05) is 5.32 Å². The van der Waals surface area contributed by atoms with E-state index in [0.29, 0.717) is 16.8 Å². The average Bonchev–Trinajstić information content (AvgIpc) is 2.39. The highest BCUT2D eigenvalue weighted by Crippen LogP contribution is 2.20. The average molecular weight is 258 g/mol. The quantitative estimate of drug-likeness (QED) is 0.678. The molecule has 4 heteroatoms. The first-order valence-corrected chi connectivity index (χ1v) is 5.89. The van der Waals surface area contributed by atoms with E-state index in [1.54, 1.807) is 6.07 Å². The Morgan fingerprint density at radius 1 is 1.28 bits per heavy atom. The van der Waals surface area contributed by atoms with Gasteiger partial charge < -0.3 is 5.32 Å². The molecule has 1 atom stereocenters. The van der Waals surface area contributed by atoms with E-state index in [1.807, 2.05) is 37.3 Å². The molecule has 0 saturated carbocycles. The lowest BCUT2D eigenvalue weighted by atomic mass is 10.2. The van der Waals surface area contributed by atoms with Crippen LogP contribution in [0.5, 0.6) is 0 Å². The van der Waals surface area contributed by atoms with Crippen LogP contribution in [0.25, 0.3) is 11.4 Å². The van der Waals surface area contributed by atoms with Crippen molar-refractivity contribution in [3.05, 3.63) is 41.6 Å². The van der Waals surface area contributed by atoms with Gasteiger partial charge in [-0.1, -0.05) is 47.9 Å². The highest BCUT2D eigenvalue weighted by Gasteiger charge is 2.06. The predicted molar refractivity (Wildman–Crippen MR) is 74.4 cm³/mol. The SMILES string of the molecule is C#CC(C)Nc1cc(Cl)nc(-c2ccccc2)n1. The van der Waals surface area contributed by atoms with Gasteiger partial charge in [-0.25, -0.2) is 9.97 Å². The van der Waals surface area contributed by atoms with Gasteiger partial charge in [0.05, 0.1) is 6.04 Å². The van der Waals surface area contributed by atoms with Crippen molar-refractivity contribution in [3.8, 4) is 23.7 Å². The molecular formula is C14H12ClN3. The molecule has 0 radical (unpaired) electrons. The van der Waals surface area contributed by atoms with E-state index in [4.69, 9.17) is 18.0 Å². The second kappa shape index (κ2) is 5.52. The lowest BCUT2D eigenvalue weighted by Gasteiger charge is -2.10. The third-order valence-corrected chi connectivity index (χ3v) is 2.53. The summed E-state index contributed by atoms with van der Waals surface area (Å²) in [4.78, 5) is 8.59. The highest BCUT2D eigenvalue weighted by atomic mass is 35.5. The molecule has 90 valence electrons. The van der Waals surface area contributed by atoms with E-state index in [1.165, 1.54) is 0 Å². The molecule has 0 fully saturated rings. The summed E-state index contributed by atoms with van der Waals surface area (Å²) in [5.74, 6) is 3.78. The molecule has 18 heavy (non-hydrogen) atoms. The van der Waals surface area contributed by atoms with Crippen LogP contribution in [0, 0.1) is 12.3 Å². The van der Waals surface area contributed by atoms with Crippen LogP contribution in [0.3, 0.4) is 0 Å². The standard InChI is InChI=1S/C14H12ClN3/c1-3-10(2)16-13-9-12(15)17-14(18-13)11-7-5-4-6-8-11/h1,4-10H,2H3,(H,16,17,18). The first kappa shape index (κ1) is 12.4. The first-order valence-electron chi connectivity index (χ1n) is 5.51. The van der Waals surface area contributed by atoms with Crippen LogP contribution in [0.4, 0.5) is 5.82 Å². The van der Waals surface area contributed by atoms with Crippen molar-refractivity contribution in [2.45, 2.75) is 13.0 Å². The van der Waals surface area contributed by atoms with Crippen LogP contribution in [0.15, 0.2) is 36.4 Å². The Kier molecular flexibility index (Phi) is 3.81. The normalized spacial score (nSPS) is 11.6. The summed E-state index contributed by atoms with van der Waals surface area (Å²) in [6.45, 7) is 1.87. The smallest absolute Gasteiger partial charge is 0.163 e. The number of hydrogen-bond donors (Lipinski definition) is 1. The summed E-state index contributed by atoms with van der Waals surface area (Å²) in [5.41, 5.74) is 0.913. The minimum absolute atomic E-state index is 0.111.